The van der Waals surface area contributed by atoms with Gasteiger partial charge in [-0.05, 0) is 43.4 Å². The van der Waals surface area contributed by atoms with Gasteiger partial charge in [-0.1, -0.05) is 17.7 Å². The van der Waals surface area contributed by atoms with Crippen LogP contribution in [0.5, 0.6) is 5.75 Å². The molecule has 0 aliphatic rings. The SMILES string of the molecule is Cc1ccc(OCCNC(=S)Nc2cccnc2)cc1. The Labute approximate surface area is 124 Å². The Balaban J connectivity index is 1.66. The van der Waals surface area contributed by atoms with Crippen molar-refractivity contribution in [1.82, 2.24) is 10.3 Å². The fraction of sp³-hybridized carbons (Fsp3) is 0.200. The number of aromatic nitrogens is 1. The molecule has 0 unspecified atom stereocenters. The van der Waals surface area contributed by atoms with Crippen LogP contribution >= 0.6 is 12.2 Å². The highest BCUT2D eigenvalue weighted by atomic mass is 32.1. The van der Waals surface area contributed by atoms with Gasteiger partial charge in [-0.25, -0.2) is 0 Å². The van der Waals surface area contributed by atoms with Crippen LogP contribution in [0.4, 0.5) is 5.69 Å². The van der Waals surface area contributed by atoms with E-state index in [1.54, 1.807) is 12.4 Å². The number of anilines is 1. The largest absolute Gasteiger partial charge is 0.492 e. The monoisotopic (exact) mass is 287 g/mol. The van der Waals surface area contributed by atoms with Crippen molar-refractivity contribution in [1.29, 1.82) is 0 Å². The van der Waals surface area contributed by atoms with Gasteiger partial charge in [0.1, 0.15) is 12.4 Å². The second-order valence-corrected chi connectivity index (χ2v) is 4.69. The number of aryl methyl sites for hydroxylation is 1. The van der Waals surface area contributed by atoms with Gasteiger partial charge < -0.3 is 15.4 Å². The van der Waals surface area contributed by atoms with Crippen LogP contribution in [0.15, 0.2) is 48.8 Å². The van der Waals surface area contributed by atoms with Crippen molar-refractivity contribution in [3.8, 4) is 5.75 Å². The van der Waals surface area contributed by atoms with Crippen LogP contribution < -0.4 is 15.4 Å². The lowest BCUT2D eigenvalue weighted by Crippen LogP contribution is -2.31. The Hall–Kier alpha value is -2.14. The zero-order chi connectivity index (χ0) is 14.2. The van der Waals surface area contributed by atoms with Crippen molar-refractivity contribution >= 4 is 23.0 Å². The topological polar surface area (TPSA) is 46.2 Å². The molecular weight excluding hydrogens is 270 g/mol. The van der Waals surface area contributed by atoms with E-state index in [0.717, 1.165) is 11.4 Å². The van der Waals surface area contributed by atoms with Crippen molar-refractivity contribution in [3.63, 3.8) is 0 Å². The van der Waals surface area contributed by atoms with Gasteiger partial charge in [0, 0.05) is 6.20 Å². The van der Waals surface area contributed by atoms with E-state index in [4.69, 9.17) is 17.0 Å². The molecule has 0 aliphatic heterocycles. The Morgan fingerprint density at radius 3 is 2.75 bits per heavy atom. The van der Waals surface area contributed by atoms with Gasteiger partial charge in [0.2, 0.25) is 0 Å². The number of thiocarbonyl (C=S) groups is 1. The van der Waals surface area contributed by atoms with Crippen LogP contribution in [-0.4, -0.2) is 23.2 Å². The maximum Gasteiger partial charge on any atom is 0.170 e. The molecule has 0 spiro atoms. The Morgan fingerprint density at radius 2 is 2.05 bits per heavy atom. The van der Waals surface area contributed by atoms with Gasteiger partial charge >= 0.3 is 0 Å². The molecule has 0 aliphatic carbocycles. The van der Waals surface area contributed by atoms with E-state index in [2.05, 4.69) is 15.6 Å². The number of hydrogen-bond donors (Lipinski definition) is 2. The Bertz CT molecular complexity index is 543. The van der Waals surface area contributed by atoms with Crippen LogP contribution in [0.3, 0.4) is 0 Å². The lowest BCUT2D eigenvalue weighted by atomic mass is 10.2. The predicted octanol–water partition coefficient (Wildman–Crippen LogP) is 2.76. The van der Waals surface area contributed by atoms with Gasteiger partial charge in [-0.3, -0.25) is 4.98 Å². The van der Waals surface area contributed by atoms with E-state index in [1.807, 2.05) is 43.3 Å². The number of nitrogens with one attached hydrogen (secondary N) is 2. The molecule has 0 radical (unpaired) electrons. The average Bonchev–Trinajstić information content (AvgIpc) is 2.46. The number of hydrogen-bond acceptors (Lipinski definition) is 3. The van der Waals surface area contributed by atoms with Crippen LogP contribution in [0, 0.1) is 6.92 Å². The summed E-state index contributed by atoms with van der Waals surface area (Å²) in [4.78, 5) is 4.01. The van der Waals surface area contributed by atoms with Crippen molar-refractivity contribution < 1.29 is 4.74 Å². The molecular formula is C15H17N3OS. The summed E-state index contributed by atoms with van der Waals surface area (Å²) in [7, 11) is 0. The van der Waals surface area contributed by atoms with E-state index in [1.165, 1.54) is 5.56 Å². The van der Waals surface area contributed by atoms with Gasteiger partial charge in [0.25, 0.3) is 0 Å². The molecule has 5 heteroatoms. The summed E-state index contributed by atoms with van der Waals surface area (Å²) in [5.74, 6) is 0.864. The van der Waals surface area contributed by atoms with E-state index in [0.29, 0.717) is 18.3 Å². The summed E-state index contributed by atoms with van der Waals surface area (Å²) in [6, 6.07) is 11.7. The van der Waals surface area contributed by atoms with Crippen molar-refractivity contribution in [2.75, 3.05) is 18.5 Å². The van der Waals surface area contributed by atoms with Gasteiger partial charge in [0.15, 0.2) is 5.11 Å². The van der Waals surface area contributed by atoms with Gasteiger partial charge in [-0.15, -0.1) is 0 Å². The molecule has 1 aromatic carbocycles. The summed E-state index contributed by atoms with van der Waals surface area (Å²) in [5.41, 5.74) is 2.08. The number of nitrogens with zero attached hydrogens (tertiary/aromatic N) is 1. The number of ether oxygens (including phenoxy) is 1. The van der Waals surface area contributed by atoms with Crippen LogP contribution in [0.2, 0.25) is 0 Å². The van der Waals surface area contributed by atoms with Crippen molar-refractivity contribution in [2.24, 2.45) is 0 Å². The fourth-order valence-electron chi connectivity index (χ4n) is 1.58. The molecule has 0 saturated carbocycles. The summed E-state index contributed by atoms with van der Waals surface area (Å²) < 4.78 is 5.60. The normalized spacial score (nSPS) is 9.85. The third-order valence-corrected chi connectivity index (χ3v) is 2.84. The number of rotatable bonds is 5. The molecule has 20 heavy (non-hydrogen) atoms. The molecule has 0 amide bonds. The standard InChI is InChI=1S/C15H17N3OS/c1-12-4-6-14(7-5-12)19-10-9-17-15(20)18-13-3-2-8-16-11-13/h2-8,11H,9-10H2,1H3,(H2,17,18,20). The van der Waals surface area contributed by atoms with Crippen molar-refractivity contribution in [2.45, 2.75) is 6.92 Å². The highest BCUT2D eigenvalue weighted by Crippen LogP contribution is 2.10. The first kappa shape index (κ1) is 14.3. The molecule has 0 bridgehead atoms. The molecule has 4 nitrogen and oxygen atoms in total. The Morgan fingerprint density at radius 1 is 1.25 bits per heavy atom. The minimum atomic E-state index is 0.553. The van der Waals surface area contributed by atoms with E-state index in [-0.39, 0.29) is 0 Å². The minimum Gasteiger partial charge on any atom is -0.492 e. The molecule has 2 aromatic rings. The second-order valence-electron chi connectivity index (χ2n) is 4.28. The minimum absolute atomic E-state index is 0.553. The maximum atomic E-state index is 5.60. The van der Waals surface area contributed by atoms with E-state index in [9.17, 15) is 0 Å². The van der Waals surface area contributed by atoms with E-state index >= 15 is 0 Å². The molecule has 0 atom stereocenters. The first-order valence-electron chi connectivity index (χ1n) is 6.38. The van der Waals surface area contributed by atoms with Gasteiger partial charge in [0.05, 0.1) is 18.4 Å². The smallest absolute Gasteiger partial charge is 0.170 e. The van der Waals surface area contributed by atoms with Crippen molar-refractivity contribution in [3.05, 3.63) is 54.4 Å². The predicted molar refractivity (Wildman–Crippen MR) is 85.1 cm³/mol. The average molecular weight is 287 g/mol. The highest BCUT2D eigenvalue weighted by molar-refractivity contribution is 7.80. The summed E-state index contributed by atoms with van der Waals surface area (Å²) in [6.07, 6.45) is 3.44. The number of pyridine rings is 1. The lowest BCUT2D eigenvalue weighted by Gasteiger charge is -2.11. The van der Waals surface area contributed by atoms with Crippen LogP contribution in [0.1, 0.15) is 5.56 Å². The summed E-state index contributed by atoms with van der Waals surface area (Å²) in [6.45, 7) is 3.24. The zero-order valence-electron chi connectivity index (χ0n) is 11.3. The Kier molecular flexibility index (Phi) is 5.32. The lowest BCUT2D eigenvalue weighted by molar-refractivity contribution is 0.322. The summed E-state index contributed by atoms with van der Waals surface area (Å²) in [5, 5.41) is 6.69. The molecule has 0 saturated heterocycles. The highest BCUT2D eigenvalue weighted by Gasteiger charge is 1.97. The molecule has 104 valence electrons. The first-order valence-corrected chi connectivity index (χ1v) is 6.79. The molecule has 0 fully saturated rings. The van der Waals surface area contributed by atoms with E-state index < -0.39 is 0 Å². The fourth-order valence-corrected chi connectivity index (χ4v) is 1.80. The second kappa shape index (κ2) is 7.45. The summed E-state index contributed by atoms with van der Waals surface area (Å²) >= 11 is 5.18. The van der Waals surface area contributed by atoms with Crippen LogP contribution in [-0.2, 0) is 0 Å². The molecule has 2 rings (SSSR count). The van der Waals surface area contributed by atoms with Gasteiger partial charge in [-0.2, -0.15) is 0 Å². The third-order valence-electron chi connectivity index (χ3n) is 2.60. The molecule has 1 heterocycles. The number of benzene rings is 1. The molecule has 1 aromatic heterocycles. The zero-order valence-corrected chi connectivity index (χ0v) is 12.1. The molecule has 2 N–H and O–H groups in total. The van der Waals surface area contributed by atoms with Crippen LogP contribution in [0.25, 0.3) is 0 Å². The quantitative estimate of drug-likeness (QED) is 0.654. The third kappa shape index (κ3) is 4.85. The first-order chi connectivity index (χ1) is 9.74. The maximum absolute atomic E-state index is 5.60.